The van der Waals surface area contributed by atoms with Crippen molar-refractivity contribution in [2.75, 3.05) is 11.9 Å². The Morgan fingerprint density at radius 1 is 1.54 bits per heavy atom. The second kappa shape index (κ2) is 3.77. The summed E-state index contributed by atoms with van der Waals surface area (Å²) in [6.45, 7) is 2.77. The van der Waals surface area contributed by atoms with Gasteiger partial charge in [0.25, 0.3) is 0 Å². The van der Waals surface area contributed by atoms with E-state index in [-0.39, 0.29) is 0 Å². The predicted octanol–water partition coefficient (Wildman–Crippen LogP) is 1.98. The fourth-order valence-electron chi connectivity index (χ4n) is 1.53. The van der Waals surface area contributed by atoms with Crippen molar-refractivity contribution in [3.63, 3.8) is 0 Å². The summed E-state index contributed by atoms with van der Waals surface area (Å²) < 4.78 is 4.93. The summed E-state index contributed by atoms with van der Waals surface area (Å²) in [4.78, 5) is 4.06. The molecule has 0 aromatic carbocycles. The number of anilines is 1. The lowest BCUT2D eigenvalue weighted by Crippen LogP contribution is -2.15. The van der Waals surface area contributed by atoms with Crippen LogP contribution < -0.4 is 5.32 Å². The van der Waals surface area contributed by atoms with Gasteiger partial charge in [-0.1, -0.05) is 24.4 Å². The molecule has 1 N–H and O–H groups in total. The smallest absolute Gasteiger partial charge is 0.321 e. The van der Waals surface area contributed by atoms with Crippen LogP contribution in [0.5, 0.6) is 0 Å². The topological polar surface area (TPSA) is 51.0 Å². The molecule has 0 bridgehead atoms. The van der Waals surface area contributed by atoms with E-state index in [1.165, 1.54) is 25.7 Å². The van der Waals surface area contributed by atoms with Crippen LogP contribution in [0.1, 0.15) is 31.5 Å². The third-order valence-corrected chi connectivity index (χ3v) is 2.58. The SMILES string of the molecule is Cc1noc(NCCC2CCC2)n1. The molecule has 1 aliphatic rings. The maximum atomic E-state index is 4.93. The molecule has 72 valence electrons. The molecule has 1 aromatic rings. The van der Waals surface area contributed by atoms with Gasteiger partial charge >= 0.3 is 6.01 Å². The third-order valence-electron chi connectivity index (χ3n) is 2.58. The molecule has 0 unspecified atom stereocenters. The maximum absolute atomic E-state index is 4.93. The molecule has 1 aliphatic carbocycles. The second-order valence-electron chi connectivity index (χ2n) is 3.66. The largest absolute Gasteiger partial charge is 0.338 e. The van der Waals surface area contributed by atoms with Crippen LogP contribution in [0.3, 0.4) is 0 Å². The van der Waals surface area contributed by atoms with Gasteiger partial charge in [-0.2, -0.15) is 4.98 Å². The average molecular weight is 181 g/mol. The van der Waals surface area contributed by atoms with E-state index in [0.29, 0.717) is 11.8 Å². The van der Waals surface area contributed by atoms with Gasteiger partial charge in [-0.15, -0.1) is 0 Å². The van der Waals surface area contributed by atoms with E-state index in [1.807, 2.05) is 6.92 Å². The lowest BCUT2D eigenvalue weighted by molar-refractivity contribution is 0.301. The molecule has 2 rings (SSSR count). The normalized spacial score (nSPS) is 17.0. The Morgan fingerprint density at radius 2 is 2.38 bits per heavy atom. The van der Waals surface area contributed by atoms with Crippen molar-refractivity contribution < 1.29 is 4.52 Å². The van der Waals surface area contributed by atoms with Crippen molar-refractivity contribution in [2.24, 2.45) is 5.92 Å². The summed E-state index contributed by atoms with van der Waals surface area (Å²) in [6.07, 6.45) is 5.42. The Kier molecular flexibility index (Phi) is 2.47. The van der Waals surface area contributed by atoms with Gasteiger partial charge in [0.05, 0.1) is 0 Å². The Hall–Kier alpha value is -1.06. The van der Waals surface area contributed by atoms with Crippen molar-refractivity contribution in [1.29, 1.82) is 0 Å². The van der Waals surface area contributed by atoms with Crippen LogP contribution in [0, 0.1) is 12.8 Å². The molecule has 0 atom stereocenters. The minimum atomic E-state index is 0.553. The highest BCUT2D eigenvalue weighted by Gasteiger charge is 2.16. The van der Waals surface area contributed by atoms with Crippen LogP contribution >= 0.6 is 0 Å². The molecule has 0 spiro atoms. The molecular weight excluding hydrogens is 166 g/mol. The third kappa shape index (κ3) is 2.20. The zero-order valence-corrected chi connectivity index (χ0v) is 7.92. The first-order valence-electron chi connectivity index (χ1n) is 4.89. The van der Waals surface area contributed by atoms with Crippen LogP contribution in [0.4, 0.5) is 6.01 Å². The highest BCUT2D eigenvalue weighted by Crippen LogP contribution is 2.28. The first-order chi connectivity index (χ1) is 6.34. The summed E-state index contributed by atoms with van der Waals surface area (Å²) in [5.74, 6) is 1.61. The molecule has 1 fully saturated rings. The number of aryl methyl sites for hydroxylation is 1. The van der Waals surface area contributed by atoms with Gasteiger partial charge in [-0.05, 0) is 19.3 Å². The summed E-state index contributed by atoms with van der Waals surface area (Å²) in [5.41, 5.74) is 0. The van der Waals surface area contributed by atoms with Gasteiger partial charge in [0.15, 0.2) is 5.82 Å². The molecule has 1 saturated carbocycles. The Labute approximate surface area is 77.7 Å². The molecule has 0 amide bonds. The average Bonchev–Trinajstić information content (AvgIpc) is 2.42. The van der Waals surface area contributed by atoms with Crippen LogP contribution in [-0.2, 0) is 0 Å². The van der Waals surface area contributed by atoms with E-state index in [4.69, 9.17) is 4.52 Å². The Bertz CT molecular complexity index is 268. The fraction of sp³-hybridized carbons (Fsp3) is 0.778. The lowest BCUT2D eigenvalue weighted by Gasteiger charge is -2.24. The van der Waals surface area contributed by atoms with Crippen LogP contribution in [0.25, 0.3) is 0 Å². The summed E-state index contributed by atoms with van der Waals surface area (Å²) in [6, 6.07) is 0.553. The number of nitrogens with zero attached hydrogens (tertiary/aromatic N) is 2. The van der Waals surface area contributed by atoms with E-state index in [1.54, 1.807) is 0 Å². The standard InChI is InChI=1S/C9H15N3O/c1-7-11-9(13-12-7)10-6-5-8-3-2-4-8/h8H,2-6H2,1H3,(H,10,11,12). The number of aromatic nitrogens is 2. The molecule has 1 heterocycles. The minimum Gasteiger partial charge on any atom is -0.338 e. The van der Waals surface area contributed by atoms with Gasteiger partial charge in [0, 0.05) is 6.54 Å². The quantitative estimate of drug-likeness (QED) is 0.771. The summed E-state index contributed by atoms with van der Waals surface area (Å²) in [7, 11) is 0. The van der Waals surface area contributed by atoms with Gasteiger partial charge in [-0.3, -0.25) is 0 Å². The highest BCUT2D eigenvalue weighted by molar-refractivity contribution is 5.17. The van der Waals surface area contributed by atoms with Gasteiger partial charge in [-0.25, -0.2) is 0 Å². The van der Waals surface area contributed by atoms with Gasteiger partial charge < -0.3 is 9.84 Å². The molecule has 13 heavy (non-hydrogen) atoms. The Morgan fingerprint density at radius 3 is 2.92 bits per heavy atom. The Balaban J connectivity index is 1.67. The van der Waals surface area contributed by atoms with Crippen molar-refractivity contribution in [1.82, 2.24) is 10.1 Å². The summed E-state index contributed by atoms with van der Waals surface area (Å²) >= 11 is 0. The first-order valence-corrected chi connectivity index (χ1v) is 4.89. The van der Waals surface area contributed by atoms with Crippen LogP contribution in [-0.4, -0.2) is 16.7 Å². The predicted molar refractivity (Wildman–Crippen MR) is 49.5 cm³/mol. The van der Waals surface area contributed by atoms with Gasteiger partial charge in [0.1, 0.15) is 0 Å². The maximum Gasteiger partial charge on any atom is 0.321 e. The zero-order chi connectivity index (χ0) is 9.10. The van der Waals surface area contributed by atoms with Crippen molar-refractivity contribution in [2.45, 2.75) is 32.6 Å². The highest BCUT2D eigenvalue weighted by atomic mass is 16.5. The molecular formula is C9H15N3O. The van der Waals surface area contributed by atoms with Gasteiger partial charge in [0.2, 0.25) is 0 Å². The zero-order valence-electron chi connectivity index (χ0n) is 7.92. The number of hydrogen-bond donors (Lipinski definition) is 1. The van der Waals surface area contributed by atoms with Crippen molar-refractivity contribution in [3.05, 3.63) is 5.82 Å². The van der Waals surface area contributed by atoms with Crippen molar-refractivity contribution >= 4 is 6.01 Å². The number of rotatable bonds is 4. The molecule has 1 aromatic heterocycles. The lowest BCUT2D eigenvalue weighted by atomic mass is 9.83. The van der Waals surface area contributed by atoms with E-state index in [0.717, 1.165) is 12.5 Å². The summed E-state index contributed by atoms with van der Waals surface area (Å²) in [5, 5.41) is 6.82. The van der Waals surface area contributed by atoms with E-state index < -0.39 is 0 Å². The second-order valence-corrected chi connectivity index (χ2v) is 3.66. The number of nitrogens with one attached hydrogen (secondary N) is 1. The monoisotopic (exact) mass is 181 g/mol. The minimum absolute atomic E-state index is 0.553. The van der Waals surface area contributed by atoms with E-state index in [9.17, 15) is 0 Å². The molecule has 0 radical (unpaired) electrons. The molecule has 4 heteroatoms. The van der Waals surface area contributed by atoms with Crippen LogP contribution in [0.15, 0.2) is 4.52 Å². The fourth-order valence-corrected chi connectivity index (χ4v) is 1.53. The van der Waals surface area contributed by atoms with E-state index >= 15 is 0 Å². The van der Waals surface area contributed by atoms with E-state index in [2.05, 4.69) is 15.5 Å². The van der Waals surface area contributed by atoms with Crippen molar-refractivity contribution in [3.8, 4) is 0 Å². The molecule has 0 saturated heterocycles. The first kappa shape index (κ1) is 8.53. The van der Waals surface area contributed by atoms with Crippen LogP contribution in [0.2, 0.25) is 0 Å². The molecule has 0 aliphatic heterocycles. The molecule has 4 nitrogen and oxygen atoms in total. The number of hydrogen-bond acceptors (Lipinski definition) is 4.